The van der Waals surface area contributed by atoms with E-state index >= 15 is 0 Å². The summed E-state index contributed by atoms with van der Waals surface area (Å²) in [5.74, 6) is 0. The molecule has 0 aliphatic heterocycles. The molecule has 1 heterocycles. The number of aromatic nitrogens is 1. The van der Waals surface area contributed by atoms with E-state index in [0.29, 0.717) is 16.8 Å². The second kappa shape index (κ2) is 4.58. The molecule has 2 rings (SSSR count). The van der Waals surface area contributed by atoms with E-state index in [0.717, 1.165) is 17.4 Å². The summed E-state index contributed by atoms with van der Waals surface area (Å²) < 4.78 is 0. The monoisotopic (exact) mass is 222 g/mol. The molecule has 0 spiro atoms. The van der Waals surface area contributed by atoms with E-state index in [1.54, 1.807) is 30.5 Å². The standard InChI is InChI=1S/C14H10N2O/c1-10-5-6-16-14(13(10)9-17)12-4-2-3-11(7-12)8-15/h2-7,9H,1H3. The maximum absolute atomic E-state index is 11.1. The van der Waals surface area contributed by atoms with Crippen LogP contribution in [0, 0.1) is 18.3 Å². The van der Waals surface area contributed by atoms with Crippen molar-refractivity contribution >= 4 is 6.29 Å². The smallest absolute Gasteiger partial charge is 0.152 e. The minimum absolute atomic E-state index is 0.558. The van der Waals surface area contributed by atoms with Crippen LogP contribution in [0.5, 0.6) is 0 Å². The number of pyridine rings is 1. The fourth-order valence-corrected chi connectivity index (χ4v) is 1.68. The van der Waals surface area contributed by atoms with Gasteiger partial charge in [-0.1, -0.05) is 12.1 Å². The Morgan fingerprint density at radius 1 is 1.35 bits per heavy atom. The third-order valence-corrected chi connectivity index (χ3v) is 2.59. The molecule has 0 unspecified atom stereocenters. The highest BCUT2D eigenvalue weighted by Crippen LogP contribution is 2.23. The quantitative estimate of drug-likeness (QED) is 0.734. The second-order valence-electron chi connectivity index (χ2n) is 3.70. The van der Waals surface area contributed by atoms with E-state index < -0.39 is 0 Å². The average Bonchev–Trinajstić information content (AvgIpc) is 2.38. The van der Waals surface area contributed by atoms with Gasteiger partial charge in [-0.3, -0.25) is 9.78 Å². The summed E-state index contributed by atoms with van der Waals surface area (Å²) >= 11 is 0. The van der Waals surface area contributed by atoms with E-state index in [2.05, 4.69) is 11.1 Å². The summed E-state index contributed by atoms with van der Waals surface area (Å²) in [5, 5.41) is 8.85. The lowest BCUT2D eigenvalue weighted by molar-refractivity contribution is 0.112. The lowest BCUT2D eigenvalue weighted by Gasteiger charge is -2.06. The first-order chi connectivity index (χ1) is 8.26. The van der Waals surface area contributed by atoms with Crippen molar-refractivity contribution in [1.82, 2.24) is 4.98 Å². The Bertz CT molecular complexity index is 612. The zero-order chi connectivity index (χ0) is 12.3. The van der Waals surface area contributed by atoms with Crippen LogP contribution < -0.4 is 0 Å². The predicted molar refractivity (Wildman–Crippen MR) is 64.5 cm³/mol. The topological polar surface area (TPSA) is 53.8 Å². The molecule has 3 nitrogen and oxygen atoms in total. The molecule has 0 fully saturated rings. The zero-order valence-corrected chi connectivity index (χ0v) is 9.34. The third kappa shape index (κ3) is 2.06. The molecule has 1 aromatic carbocycles. The van der Waals surface area contributed by atoms with Gasteiger partial charge in [-0.15, -0.1) is 0 Å². The molecule has 0 amide bonds. The van der Waals surface area contributed by atoms with Gasteiger partial charge in [0.2, 0.25) is 0 Å². The van der Waals surface area contributed by atoms with E-state index in [1.807, 2.05) is 13.0 Å². The third-order valence-electron chi connectivity index (χ3n) is 2.59. The molecule has 0 atom stereocenters. The van der Waals surface area contributed by atoms with E-state index in [9.17, 15) is 4.79 Å². The fourth-order valence-electron chi connectivity index (χ4n) is 1.68. The SMILES string of the molecule is Cc1ccnc(-c2cccc(C#N)c2)c1C=O. The number of benzene rings is 1. The highest BCUT2D eigenvalue weighted by Gasteiger charge is 2.08. The molecule has 1 aromatic heterocycles. The van der Waals surface area contributed by atoms with Crippen molar-refractivity contribution < 1.29 is 4.79 Å². The van der Waals surface area contributed by atoms with Crippen molar-refractivity contribution in [3.63, 3.8) is 0 Å². The Morgan fingerprint density at radius 3 is 2.88 bits per heavy atom. The van der Waals surface area contributed by atoms with Gasteiger partial charge in [0.15, 0.2) is 6.29 Å². The molecule has 0 aliphatic carbocycles. The number of hydrogen-bond donors (Lipinski definition) is 0. The Morgan fingerprint density at radius 2 is 2.18 bits per heavy atom. The molecular weight excluding hydrogens is 212 g/mol. The number of carbonyl (C=O) groups excluding carboxylic acids is 1. The molecule has 0 N–H and O–H groups in total. The van der Waals surface area contributed by atoms with Gasteiger partial charge in [-0.05, 0) is 30.7 Å². The first-order valence-corrected chi connectivity index (χ1v) is 5.17. The summed E-state index contributed by atoms with van der Waals surface area (Å²) in [6.07, 6.45) is 2.47. The molecule has 0 saturated carbocycles. The number of rotatable bonds is 2. The van der Waals surface area contributed by atoms with Gasteiger partial charge < -0.3 is 0 Å². The molecule has 0 bridgehead atoms. The first-order valence-electron chi connectivity index (χ1n) is 5.17. The highest BCUT2D eigenvalue weighted by atomic mass is 16.1. The second-order valence-corrected chi connectivity index (χ2v) is 3.70. The van der Waals surface area contributed by atoms with Crippen LogP contribution in [0.3, 0.4) is 0 Å². The first kappa shape index (κ1) is 11.0. The molecule has 2 aromatic rings. The van der Waals surface area contributed by atoms with E-state index in [1.165, 1.54) is 0 Å². The molecule has 17 heavy (non-hydrogen) atoms. The van der Waals surface area contributed by atoms with Crippen LogP contribution in [0.15, 0.2) is 36.5 Å². The lowest BCUT2D eigenvalue weighted by atomic mass is 10.0. The Labute approximate surface area is 99.4 Å². The molecule has 3 heteroatoms. The Hall–Kier alpha value is -2.47. The summed E-state index contributed by atoms with van der Waals surface area (Å²) in [6, 6.07) is 10.9. The van der Waals surface area contributed by atoms with Crippen LogP contribution in [0.1, 0.15) is 21.5 Å². The number of nitrogens with zero attached hydrogens (tertiary/aromatic N) is 2. The molecule has 0 aliphatic rings. The number of nitriles is 1. The Kier molecular flexibility index (Phi) is 2.97. The largest absolute Gasteiger partial charge is 0.298 e. The van der Waals surface area contributed by atoms with Crippen molar-refractivity contribution in [3.05, 3.63) is 53.2 Å². The van der Waals surface area contributed by atoms with Gasteiger partial charge in [0.1, 0.15) is 0 Å². The highest BCUT2D eigenvalue weighted by molar-refractivity contribution is 5.87. The number of aryl methyl sites for hydroxylation is 1. The molecular formula is C14H10N2O. The van der Waals surface area contributed by atoms with Gasteiger partial charge in [0.25, 0.3) is 0 Å². The van der Waals surface area contributed by atoms with Crippen molar-refractivity contribution in [1.29, 1.82) is 5.26 Å². The predicted octanol–water partition coefficient (Wildman–Crippen LogP) is 2.74. The number of aldehydes is 1. The van der Waals surface area contributed by atoms with Crippen molar-refractivity contribution in [2.75, 3.05) is 0 Å². The van der Waals surface area contributed by atoms with Gasteiger partial charge in [0, 0.05) is 17.3 Å². The minimum atomic E-state index is 0.558. The Balaban J connectivity index is 2.64. The zero-order valence-electron chi connectivity index (χ0n) is 9.34. The number of hydrogen-bond acceptors (Lipinski definition) is 3. The van der Waals surface area contributed by atoms with Crippen molar-refractivity contribution in [2.45, 2.75) is 6.92 Å². The maximum Gasteiger partial charge on any atom is 0.152 e. The minimum Gasteiger partial charge on any atom is -0.298 e. The average molecular weight is 222 g/mol. The van der Waals surface area contributed by atoms with Crippen LogP contribution in [0.2, 0.25) is 0 Å². The molecule has 0 saturated heterocycles. The molecule has 82 valence electrons. The van der Waals surface area contributed by atoms with Crippen LogP contribution in [-0.4, -0.2) is 11.3 Å². The summed E-state index contributed by atoms with van der Waals surface area (Å²) in [6.45, 7) is 1.86. The summed E-state index contributed by atoms with van der Waals surface area (Å²) in [7, 11) is 0. The maximum atomic E-state index is 11.1. The van der Waals surface area contributed by atoms with E-state index in [-0.39, 0.29) is 0 Å². The van der Waals surface area contributed by atoms with Crippen LogP contribution >= 0.6 is 0 Å². The van der Waals surface area contributed by atoms with Gasteiger partial charge in [0.05, 0.1) is 17.3 Å². The normalized spacial score (nSPS) is 9.65. The molecule has 0 radical (unpaired) electrons. The van der Waals surface area contributed by atoms with Gasteiger partial charge >= 0.3 is 0 Å². The van der Waals surface area contributed by atoms with Crippen molar-refractivity contribution in [3.8, 4) is 17.3 Å². The van der Waals surface area contributed by atoms with E-state index in [4.69, 9.17) is 5.26 Å². The van der Waals surface area contributed by atoms with Gasteiger partial charge in [-0.25, -0.2) is 0 Å². The van der Waals surface area contributed by atoms with Crippen LogP contribution in [0.4, 0.5) is 0 Å². The van der Waals surface area contributed by atoms with Gasteiger partial charge in [-0.2, -0.15) is 5.26 Å². The fraction of sp³-hybridized carbons (Fsp3) is 0.0714. The van der Waals surface area contributed by atoms with Crippen LogP contribution in [-0.2, 0) is 0 Å². The van der Waals surface area contributed by atoms with Crippen molar-refractivity contribution in [2.24, 2.45) is 0 Å². The van der Waals surface area contributed by atoms with Crippen LogP contribution in [0.25, 0.3) is 11.3 Å². The summed E-state index contributed by atoms with van der Waals surface area (Å²) in [4.78, 5) is 15.3. The number of carbonyl (C=O) groups is 1. The summed E-state index contributed by atoms with van der Waals surface area (Å²) in [5.41, 5.74) is 3.42. The lowest BCUT2D eigenvalue weighted by Crippen LogP contribution is -1.95.